The highest BCUT2D eigenvalue weighted by Gasteiger charge is 2.32. The molecule has 1 aliphatic rings. The molecule has 0 bridgehead atoms. The third-order valence-electron chi connectivity index (χ3n) is 3.45. The van der Waals surface area contributed by atoms with Crippen LogP contribution in [0.15, 0.2) is 17.0 Å². The van der Waals surface area contributed by atoms with Crippen molar-refractivity contribution in [3.63, 3.8) is 0 Å². The quantitative estimate of drug-likeness (QED) is 0.814. The van der Waals surface area contributed by atoms with E-state index in [1.54, 1.807) is 0 Å². The van der Waals surface area contributed by atoms with E-state index in [4.69, 9.17) is 10.8 Å². The molecule has 1 unspecified atom stereocenters. The molecule has 3 N–H and O–H groups in total. The van der Waals surface area contributed by atoms with E-state index in [-0.39, 0.29) is 25.6 Å². The fourth-order valence-corrected chi connectivity index (χ4v) is 3.91. The lowest BCUT2D eigenvalue weighted by Gasteiger charge is -2.31. The minimum absolute atomic E-state index is 0.121. The van der Waals surface area contributed by atoms with Crippen LogP contribution in [0.4, 0.5) is 14.5 Å². The number of piperidine rings is 1. The maximum atomic E-state index is 13.9. The molecule has 1 aliphatic heterocycles. The number of hydrogen-bond donors (Lipinski definition) is 2. The summed E-state index contributed by atoms with van der Waals surface area (Å²) in [5, 5.41) is 9.12. The molecule has 0 saturated carbocycles. The van der Waals surface area contributed by atoms with Crippen LogP contribution in [0.2, 0.25) is 0 Å². The summed E-state index contributed by atoms with van der Waals surface area (Å²) in [6, 6.07) is 1.71. The Labute approximate surface area is 116 Å². The molecule has 1 atom stereocenters. The van der Waals surface area contributed by atoms with E-state index < -0.39 is 32.2 Å². The number of rotatable bonds is 3. The third kappa shape index (κ3) is 2.63. The van der Waals surface area contributed by atoms with Crippen molar-refractivity contribution in [3.05, 3.63) is 23.8 Å². The molecule has 5 nitrogen and oxygen atoms in total. The van der Waals surface area contributed by atoms with Gasteiger partial charge in [0.15, 0.2) is 5.82 Å². The van der Waals surface area contributed by atoms with Gasteiger partial charge < -0.3 is 10.8 Å². The molecule has 2 rings (SSSR count). The van der Waals surface area contributed by atoms with Gasteiger partial charge in [-0.05, 0) is 30.9 Å². The Morgan fingerprint density at radius 2 is 2.10 bits per heavy atom. The molecule has 1 aromatic carbocycles. The summed E-state index contributed by atoms with van der Waals surface area (Å²) < 4.78 is 52.8. The van der Waals surface area contributed by atoms with Crippen molar-refractivity contribution in [2.45, 2.75) is 17.7 Å². The average molecular weight is 306 g/mol. The molecule has 0 spiro atoms. The third-order valence-corrected chi connectivity index (χ3v) is 5.33. The predicted octanol–water partition coefficient (Wildman–Crippen LogP) is 0.940. The highest BCUT2D eigenvalue weighted by atomic mass is 32.2. The van der Waals surface area contributed by atoms with Gasteiger partial charge >= 0.3 is 0 Å². The lowest BCUT2D eigenvalue weighted by molar-refractivity contribution is 0.165. The van der Waals surface area contributed by atoms with Gasteiger partial charge in [-0.2, -0.15) is 4.31 Å². The summed E-state index contributed by atoms with van der Waals surface area (Å²) in [6.07, 6.45) is 1.30. The predicted molar refractivity (Wildman–Crippen MR) is 69.3 cm³/mol. The van der Waals surface area contributed by atoms with Gasteiger partial charge in [-0.1, -0.05) is 0 Å². The standard InChI is InChI=1S/C12H16F2N2O3S/c13-9-3-4-10(11(14)12(9)15)20(18,19)16-5-1-2-8(6-16)7-17/h3-4,8,17H,1-2,5-7,15H2. The van der Waals surface area contributed by atoms with Crippen LogP contribution in [0, 0.1) is 17.6 Å². The average Bonchev–Trinajstić information content (AvgIpc) is 2.44. The van der Waals surface area contributed by atoms with Crippen molar-refractivity contribution in [1.29, 1.82) is 0 Å². The Morgan fingerprint density at radius 1 is 1.40 bits per heavy atom. The molecule has 1 heterocycles. The van der Waals surface area contributed by atoms with Gasteiger partial charge in [-0.25, -0.2) is 17.2 Å². The van der Waals surface area contributed by atoms with Crippen LogP contribution in [-0.4, -0.2) is 37.5 Å². The summed E-state index contributed by atoms with van der Waals surface area (Å²) in [6.45, 7) is 0.241. The van der Waals surface area contributed by atoms with Crippen LogP contribution in [-0.2, 0) is 10.0 Å². The summed E-state index contributed by atoms with van der Waals surface area (Å²) in [7, 11) is -4.07. The first-order chi connectivity index (χ1) is 9.37. The number of sulfonamides is 1. The highest BCUT2D eigenvalue weighted by Crippen LogP contribution is 2.28. The first kappa shape index (κ1) is 15.1. The van der Waals surface area contributed by atoms with Crippen molar-refractivity contribution in [2.24, 2.45) is 5.92 Å². The summed E-state index contributed by atoms with van der Waals surface area (Å²) in [5.74, 6) is -2.43. The van der Waals surface area contributed by atoms with Gasteiger partial charge in [0.25, 0.3) is 0 Å². The number of nitrogens with two attached hydrogens (primary N) is 1. The Balaban J connectivity index is 2.38. The number of aliphatic hydroxyl groups is 1. The summed E-state index contributed by atoms with van der Waals surface area (Å²) in [4.78, 5) is -0.630. The normalized spacial score (nSPS) is 21.1. The lowest BCUT2D eigenvalue weighted by atomic mass is 10.0. The topological polar surface area (TPSA) is 83.6 Å². The van der Waals surface area contributed by atoms with Crippen molar-refractivity contribution in [2.75, 3.05) is 25.4 Å². The van der Waals surface area contributed by atoms with Crippen LogP contribution >= 0.6 is 0 Å². The molecule has 1 aromatic rings. The molecule has 0 aliphatic carbocycles. The Kier molecular flexibility index (Phi) is 4.26. The van der Waals surface area contributed by atoms with E-state index in [0.717, 1.165) is 22.9 Å². The first-order valence-corrected chi connectivity index (χ1v) is 7.66. The second kappa shape index (κ2) is 5.63. The van der Waals surface area contributed by atoms with Crippen molar-refractivity contribution >= 4 is 15.7 Å². The van der Waals surface area contributed by atoms with E-state index in [1.165, 1.54) is 0 Å². The molecule has 8 heteroatoms. The molecule has 20 heavy (non-hydrogen) atoms. The minimum atomic E-state index is -4.07. The van der Waals surface area contributed by atoms with Crippen LogP contribution in [0.3, 0.4) is 0 Å². The van der Waals surface area contributed by atoms with Crippen molar-refractivity contribution < 1.29 is 22.3 Å². The van der Waals surface area contributed by atoms with E-state index in [9.17, 15) is 17.2 Å². The minimum Gasteiger partial charge on any atom is -0.396 e. The van der Waals surface area contributed by atoms with Crippen molar-refractivity contribution in [3.8, 4) is 0 Å². The van der Waals surface area contributed by atoms with Gasteiger partial charge in [0.2, 0.25) is 10.0 Å². The summed E-state index contributed by atoms with van der Waals surface area (Å²) in [5.41, 5.74) is 4.39. The Hall–Kier alpha value is -1.25. The molecule has 1 fully saturated rings. The number of aliphatic hydroxyl groups excluding tert-OH is 1. The number of nitrogens with zero attached hydrogens (tertiary/aromatic N) is 1. The Bertz CT molecular complexity index is 607. The zero-order chi connectivity index (χ0) is 14.9. The fraction of sp³-hybridized carbons (Fsp3) is 0.500. The maximum absolute atomic E-state index is 13.9. The second-order valence-electron chi connectivity index (χ2n) is 4.83. The molecular weight excluding hydrogens is 290 g/mol. The van der Waals surface area contributed by atoms with Crippen LogP contribution in [0.1, 0.15) is 12.8 Å². The van der Waals surface area contributed by atoms with Crippen LogP contribution < -0.4 is 5.73 Å². The SMILES string of the molecule is Nc1c(F)ccc(S(=O)(=O)N2CCCC(CO)C2)c1F. The number of benzene rings is 1. The molecule has 0 amide bonds. The number of hydrogen-bond acceptors (Lipinski definition) is 4. The maximum Gasteiger partial charge on any atom is 0.246 e. The number of nitrogen functional groups attached to an aromatic ring is 1. The largest absolute Gasteiger partial charge is 0.396 e. The molecular formula is C12H16F2N2O3S. The van der Waals surface area contributed by atoms with Gasteiger partial charge in [0, 0.05) is 19.7 Å². The first-order valence-electron chi connectivity index (χ1n) is 6.22. The smallest absolute Gasteiger partial charge is 0.246 e. The lowest BCUT2D eigenvalue weighted by Crippen LogP contribution is -2.41. The van der Waals surface area contributed by atoms with Gasteiger partial charge in [-0.15, -0.1) is 0 Å². The van der Waals surface area contributed by atoms with E-state index in [1.807, 2.05) is 0 Å². The molecule has 0 aromatic heterocycles. The van der Waals surface area contributed by atoms with Gasteiger partial charge in [0.05, 0.1) is 0 Å². The zero-order valence-electron chi connectivity index (χ0n) is 10.7. The number of halogens is 2. The molecule has 1 saturated heterocycles. The van der Waals surface area contributed by atoms with Gasteiger partial charge in [0.1, 0.15) is 16.4 Å². The van der Waals surface area contributed by atoms with E-state index in [2.05, 4.69) is 0 Å². The van der Waals surface area contributed by atoms with E-state index >= 15 is 0 Å². The highest BCUT2D eigenvalue weighted by molar-refractivity contribution is 7.89. The van der Waals surface area contributed by atoms with Crippen LogP contribution in [0.5, 0.6) is 0 Å². The Morgan fingerprint density at radius 3 is 2.75 bits per heavy atom. The zero-order valence-corrected chi connectivity index (χ0v) is 11.5. The fourth-order valence-electron chi connectivity index (χ4n) is 2.28. The van der Waals surface area contributed by atoms with Gasteiger partial charge in [-0.3, -0.25) is 0 Å². The second-order valence-corrected chi connectivity index (χ2v) is 6.73. The molecule has 0 radical (unpaired) electrons. The summed E-state index contributed by atoms with van der Waals surface area (Å²) >= 11 is 0. The number of anilines is 1. The van der Waals surface area contributed by atoms with Crippen LogP contribution in [0.25, 0.3) is 0 Å². The monoisotopic (exact) mass is 306 g/mol. The molecule has 112 valence electrons. The van der Waals surface area contributed by atoms with E-state index in [0.29, 0.717) is 6.42 Å². The van der Waals surface area contributed by atoms with Crippen molar-refractivity contribution in [1.82, 2.24) is 4.31 Å².